The number of anilines is 1. The van der Waals surface area contributed by atoms with Crippen molar-refractivity contribution in [3.63, 3.8) is 0 Å². The number of halogens is 2. The van der Waals surface area contributed by atoms with Crippen LogP contribution in [0.3, 0.4) is 0 Å². The van der Waals surface area contributed by atoms with E-state index in [1.54, 1.807) is 25.3 Å². The molecule has 5 nitrogen and oxygen atoms in total. The van der Waals surface area contributed by atoms with Crippen LogP contribution in [0.15, 0.2) is 36.5 Å². The number of carbonyl (C=O) groups is 1. The van der Waals surface area contributed by atoms with Crippen LogP contribution in [0, 0.1) is 11.6 Å². The molecule has 0 saturated carbocycles. The average Bonchev–Trinajstić information content (AvgIpc) is 2.51. The van der Waals surface area contributed by atoms with Gasteiger partial charge in [0.2, 0.25) is 5.88 Å². The van der Waals surface area contributed by atoms with E-state index < -0.39 is 23.7 Å². The van der Waals surface area contributed by atoms with Gasteiger partial charge in [0.05, 0.1) is 12.1 Å². The summed E-state index contributed by atoms with van der Waals surface area (Å²) in [5.41, 5.74) is 0.870. The molecule has 0 bridgehead atoms. The number of hydrogen-bond acceptors (Lipinski definition) is 3. The molecule has 0 radical (unpaired) electrons. The van der Waals surface area contributed by atoms with Crippen molar-refractivity contribution in [1.29, 1.82) is 0 Å². The van der Waals surface area contributed by atoms with Crippen LogP contribution in [0.4, 0.5) is 19.3 Å². The van der Waals surface area contributed by atoms with Crippen molar-refractivity contribution >= 4 is 11.7 Å². The summed E-state index contributed by atoms with van der Waals surface area (Å²) in [4.78, 5) is 16.2. The van der Waals surface area contributed by atoms with Gasteiger partial charge in [-0.15, -0.1) is 0 Å². The molecule has 0 saturated heterocycles. The molecule has 0 aliphatic heterocycles. The number of nitrogens with one attached hydrogen (secondary N) is 2. The molecule has 1 aromatic heterocycles. The Balaban J connectivity index is 2.04. The van der Waals surface area contributed by atoms with Gasteiger partial charge in [0.1, 0.15) is 5.69 Å². The summed E-state index contributed by atoms with van der Waals surface area (Å²) in [6.45, 7) is 5.37. The van der Waals surface area contributed by atoms with E-state index in [0.29, 0.717) is 17.1 Å². The van der Waals surface area contributed by atoms with Crippen LogP contribution in [0.25, 0.3) is 0 Å². The lowest BCUT2D eigenvalue weighted by Crippen LogP contribution is -2.31. The van der Waals surface area contributed by atoms with Gasteiger partial charge in [0.25, 0.3) is 0 Å². The molecule has 2 rings (SSSR count). The second-order valence-electron chi connectivity index (χ2n) is 5.52. The number of amides is 2. The van der Waals surface area contributed by atoms with E-state index in [2.05, 4.69) is 15.6 Å². The normalized spacial score (nSPS) is 11.9. The molecule has 128 valence electrons. The fourth-order valence-corrected chi connectivity index (χ4v) is 2.02. The summed E-state index contributed by atoms with van der Waals surface area (Å²) >= 11 is 0. The van der Waals surface area contributed by atoms with Gasteiger partial charge in [-0.25, -0.2) is 18.6 Å². The predicted octanol–water partition coefficient (Wildman–Crippen LogP) is 4.03. The minimum atomic E-state index is -0.957. The molecular formula is C17H19F2N3O2. The van der Waals surface area contributed by atoms with Crippen molar-refractivity contribution in [2.45, 2.75) is 32.9 Å². The highest BCUT2D eigenvalue weighted by Gasteiger charge is 2.14. The third-order valence-corrected chi connectivity index (χ3v) is 3.16. The molecule has 1 atom stereocenters. The summed E-state index contributed by atoms with van der Waals surface area (Å²) in [5, 5.41) is 5.29. The first kappa shape index (κ1) is 17.7. The van der Waals surface area contributed by atoms with Gasteiger partial charge < -0.3 is 15.4 Å². The van der Waals surface area contributed by atoms with Gasteiger partial charge in [-0.2, -0.15) is 0 Å². The Bertz CT molecular complexity index is 723. The fourth-order valence-electron chi connectivity index (χ4n) is 2.02. The molecule has 7 heteroatoms. The van der Waals surface area contributed by atoms with E-state index in [1.807, 2.05) is 13.8 Å². The lowest BCUT2D eigenvalue weighted by Gasteiger charge is -2.17. The van der Waals surface area contributed by atoms with Crippen molar-refractivity contribution in [2.75, 3.05) is 5.32 Å². The third-order valence-electron chi connectivity index (χ3n) is 3.16. The molecule has 1 heterocycles. The smallest absolute Gasteiger partial charge is 0.319 e. The topological polar surface area (TPSA) is 63.2 Å². The maximum atomic E-state index is 13.3. The number of pyridine rings is 1. The van der Waals surface area contributed by atoms with Crippen LogP contribution in [-0.2, 0) is 0 Å². The minimum absolute atomic E-state index is 0.0929. The fraction of sp³-hybridized carbons (Fsp3) is 0.294. The number of carbonyl (C=O) groups excluding carboxylic acids is 1. The number of benzene rings is 1. The SMILES string of the molecule is CC(C)Oc1ncccc1NC(=O)NC(C)c1ccc(F)c(F)c1. The van der Waals surface area contributed by atoms with E-state index in [-0.39, 0.29) is 6.10 Å². The Labute approximate surface area is 139 Å². The Morgan fingerprint density at radius 3 is 2.58 bits per heavy atom. The monoisotopic (exact) mass is 335 g/mol. The van der Waals surface area contributed by atoms with E-state index in [0.717, 1.165) is 12.1 Å². The largest absolute Gasteiger partial charge is 0.473 e. The van der Waals surface area contributed by atoms with Crippen LogP contribution < -0.4 is 15.4 Å². The summed E-state index contributed by atoms with van der Waals surface area (Å²) in [6.07, 6.45) is 1.47. The van der Waals surface area contributed by atoms with Crippen molar-refractivity contribution in [3.8, 4) is 5.88 Å². The van der Waals surface area contributed by atoms with Gasteiger partial charge in [0.15, 0.2) is 11.6 Å². The number of rotatable bonds is 5. The zero-order chi connectivity index (χ0) is 17.7. The van der Waals surface area contributed by atoms with Gasteiger partial charge in [0, 0.05) is 6.20 Å². The molecule has 2 N–H and O–H groups in total. The molecular weight excluding hydrogens is 316 g/mol. The molecule has 2 aromatic rings. The van der Waals surface area contributed by atoms with Crippen molar-refractivity contribution in [2.24, 2.45) is 0 Å². The van der Waals surface area contributed by atoms with Gasteiger partial charge >= 0.3 is 6.03 Å². The van der Waals surface area contributed by atoms with Crippen LogP contribution in [-0.4, -0.2) is 17.1 Å². The van der Waals surface area contributed by atoms with Crippen molar-refractivity contribution < 1.29 is 18.3 Å². The molecule has 0 fully saturated rings. The summed E-state index contributed by atoms with van der Waals surface area (Å²) in [6, 6.07) is 5.81. The molecule has 0 aliphatic carbocycles. The van der Waals surface area contributed by atoms with Gasteiger partial charge in [-0.05, 0) is 50.6 Å². The second kappa shape index (κ2) is 7.72. The Morgan fingerprint density at radius 1 is 1.17 bits per heavy atom. The first-order valence-electron chi connectivity index (χ1n) is 7.51. The molecule has 0 spiro atoms. The Kier molecular flexibility index (Phi) is 5.68. The first-order chi connectivity index (χ1) is 11.4. The lowest BCUT2D eigenvalue weighted by atomic mass is 10.1. The van der Waals surface area contributed by atoms with Crippen LogP contribution >= 0.6 is 0 Å². The highest BCUT2D eigenvalue weighted by Crippen LogP contribution is 2.22. The van der Waals surface area contributed by atoms with Crippen LogP contribution in [0.5, 0.6) is 5.88 Å². The van der Waals surface area contributed by atoms with Crippen LogP contribution in [0.2, 0.25) is 0 Å². The Morgan fingerprint density at radius 2 is 1.92 bits per heavy atom. The number of nitrogens with zero attached hydrogens (tertiary/aromatic N) is 1. The standard InChI is InChI=1S/C17H19F2N3O2/c1-10(2)24-16-15(5-4-8-20-16)22-17(23)21-11(3)12-6-7-13(18)14(19)9-12/h4-11H,1-3H3,(H2,21,22,23). The van der Waals surface area contributed by atoms with E-state index in [9.17, 15) is 13.6 Å². The Hall–Kier alpha value is -2.70. The molecule has 1 unspecified atom stereocenters. The van der Waals surface area contributed by atoms with Crippen molar-refractivity contribution in [1.82, 2.24) is 10.3 Å². The predicted molar refractivity (Wildman–Crippen MR) is 86.9 cm³/mol. The second-order valence-corrected chi connectivity index (χ2v) is 5.52. The van der Waals surface area contributed by atoms with E-state index >= 15 is 0 Å². The highest BCUT2D eigenvalue weighted by molar-refractivity contribution is 5.90. The minimum Gasteiger partial charge on any atom is -0.473 e. The zero-order valence-electron chi connectivity index (χ0n) is 13.6. The average molecular weight is 335 g/mol. The molecule has 2 amide bonds. The number of ether oxygens (including phenoxy) is 1. The molecule has 24 heavy (non-hydrogen) atoms. The first-order valence-corrected chi connectivity index (χ1v) is 7.51. The number of urea groups is 1. The summed E-state index contributed by atoms with van der Waals surface area (Å²) in [7, 11) is 0. The third kappa shape index (κ3) is 4.65. The van der Waals surface area contributed by atoms with E-state index in [4.69, 9.17) is 4.74 Å². The summed E-state index contributed by atoms with van der Waals surface area (Å²) in [5.74, 6) is -1.58. The van der Waals surface area contributed by atoms with Crippen LogP contribution in [0.1, 0.15) is 32.4 Å². The maximum Gasteiger partial charge on any atom is 0.319 e. The van der Waals surface area contributed by atoms with Gasteiger partial charge in [-0.3, -0.25) is 0 Å². The quantitative estimate of drug-likeness (QED) is 0.867. The zero-order valence-corrected chi connectivity index (χ0v) is 13.6. The summed E-state index contributed by atoms with van der Waals surface area (Å²) < 4.78 is 31.8. The lowest BCUT2D eigenvalue weighted by molar-refractivity contribution is 0.232. The highest BCUT2D eigenvalue weighted by atomic mass is 19.2. The van der Waals surface area contributed by atoms with Crippen molar-refractivity contribution in [3.05, 3.63) is 53.7 Å². The molecule has 0 aliphatic rings. The maximum absolute atomic E-state index is 13.3. The van der Waals surface area contributed by atoms with E-state index in [1.165, 1.54) is 6.07 Å². The number of hydrogen-bond donors (Lipinski definition) is 2. The van der Waals surface area contributed by atoms with Gasteiger partial charge in [-0.1, -0.05) is 6.07 Å². The molecule has 1 aromatic carbocycles. The number of aromatic nitrogens is 1.